The van der Waals surface area contributed by atoms with Gasteiger partial charge >= 0.3 is 0 Å². The van der Waals surface area contributed by atoms with Crippen molar-refractivity contribution >= 4 is 45.9 Å². The summed E-state index contributed by atoms with van der Waals surface area (Å²) in [6.07, 6.45) is 0. The molecule has 0 radical (unpaired) electrons. The van der Waals surface area contributed by atoms with E-state index in [1.165, 1.54) is 0 Å². The first-order valence-electron chi connectivity index (χ1n) is 7.07. The van der Waals surface area contributed by atoms with E-state index in [4.69, 9.17) is 9.47 Å². The molecule has 7 heteroatoms. The number of benzene rings is 1. The number of hydrogen-bond acceptors (Lipinski definition) is 3. The van der Waals surface area contributed by atoms with Gasteiger partial charge in [0.2, 0.25) is 0 Å². The molecule has 0 amide bonds. The zero-order valence-corrected chi connectivity index (χ0v) is 17.2. The summed E-state index contributed by atoms with van der Waals surface area (Å²) in [7, 11) is 1.69. The number of hydrogen-bond donors (Lipinski definition) is 2. The summed E-state index contributed by atoms with van der Waals surface area (Å²) in [4.78, 5) is 4.47. The molecular weight excluding hydrogens is 461 g/mol. The largest absolute Gasteiger partial charge is 0.492 e. The van der Waals surface area contributed by atoms with Crippen LogP contribution in [0.5, 0.6) is 5.75 Å². The smallest absolute Gasteiger partial charge is 0.191 e. The average molecular weight is 486 g/mol. The van der Waals surface area contributed by atoms with Gasteiger partial charge in [-0.05, 0) is 38.1 Å². The lowest BCUT2D eigenvalue weighted by Crippen LogP contribution is -2.44. The first kappa shape index (κ1) is 21.5. The highest BCUT2D eigenvalue weighted by molar-refractivity contribution is 14.0. The molecule has 0 saturated heterocycles. The van der Waals surface area contributed by atoms with Crippen molar-refractivity contribution in [3.8, 4) is 5.75 Å². The molecule has 0 heterocycles. The molecule has 2 N–H and O–H groups in total. The molecular formula is C15H25BrIN3O2. The maximum Gasteiger partial charge on any atom is 0.191 e. The third-order valence-corrected chi connectivity index (χ3v) is 3.12. The van der Waals surface area contributed by atoms with Crippen LogP contribution in [0, 0.1) is 0 Å². The fourth-order valence-corrected chi connectivity index (χ4v) is 1.96. The van der Waals surface area contributed by atoms with Crippen molar-refractivity contribution < 1.29 is 9.47 Å². The highest BCUT2D eigenvalue weighted by atomic mass is 127. The summed E-state index contributed by atoms with van der Waals surface area (Å²) in [5.41, 5.74) is 0. The van der Waals surface area contributed by atoms with Gasteiger partial charge in [0.1, 0.15) is 12.4 Å². The third-order valence-electron chi connectivity index (χ3n) is 2.59. The molecule has 0 aromatic heterocycles. The van der Waals surface area contributed by atoms with Crippen molar-refractivity contribution in [3.05, 3.63) is 28.7 Å². The lowest BCUT2D eigenvalue weighted by molar-refractivity contribution is 0.179. The van der Waals surface area contributed by atoms with Crippen LogP contribution in [0.4, 0.5) is 0 Å². The highest BCUT2D eigenvalue weighted by Crippen LogP contribution is 2.15. The molecule has 1 unspecified atom stereocenters. The number of rotatable bonds is 8. The van der Waals surface area contributed by atoms with E-state index in [9.17, 15) is 0 Å². The van der Waals surface area contributed by atoms with Gasteiger partial charge in [-0.25, -0.2) is 4.99 Å². The van der Waals surface area contributed by atoms with E-state index in [2.05, 4.69) is 38.5 Å². The minimum Gasteiger partial charge on any atom is -0.492 e. The Kier molecular flexibility index (Phi) is 12.6. The van der Waals surface area contributed by atoms with Crippen LogP contribution in [0.3, 0.4) is 0 Å². The van der Waals surface area contributed by atoms with Crippen molar-refractivity contribution in [2.24, 2.45) is 4.99 Å². The fourth-order valence-electron chi connectivity index (χ4n) is 1.70. The lowest BCUT2D eigenvalue weighted by atomic mass is 10.3. The van der Waals surface area contributed by atoms with E-state index >= 15 is 0 Å². The number of methoxy groups -OCH3 is 1. The Bertz CT molecular complexity index is 429. The number of guanidine groups is 1. The minimum absolute atomic E-state index is 0. The number of aliphatic imine (C=N–C) groups is 1. The van der Waals surface area contributed by atoms with Crippen LogP contribution in [0.15, 0.2) is 33.7 Å². The van der Waals surface area contributed by atoms with Gasteiger partial charge in [0.05, 0.1) is 13.2 Å². The van der Waals surface area contributed by atoms with Crippen LogP contribution >= 0.6 is 39.9 Å². The minimum atomic E-state index is 0. The number of nitrogens with zero attached hydrogens (tertiary/aromatic N) is 1. The van der Waals surface area contributed by atoms with Crippen molar-refractivity contribution in [2.75, 3.05) is 33.4 Å². The first-order chi connectivity index (χ1) is 10.2. The van der Waals surface area contributed by atoms with Crippen LogP contribution in [0.1, 0.15) is 13.8 Å². The summed E-state index contributed by atoms with van der Waals surface area (Å²) in [6.45, 7) is 6.67. The van der Waals surface area contributed by atoms with Crippen molar-refractivity contribution in [1.82, 2.24) is 10.6 Å². The molecule has 5 nitrogen and oxygen atoms in total. The second-order valence-corrected chi connectivity index (χ2v) is 5.48. The number of nitrogens with one attached hydrogen (secondary N) is 2. The second-order valence-electron chi connectivity index (χ2n) is 4.56. The van der Waals surface area contributed by atoms with Gasteiger partial charge in [-0.3, -0.25) is 0 Å². The Hall–Kier alpha value is -0.540. The summed E-state index contributed by atoms with van der Waals surface area (Å²) >= 11 is 3.39. The average Bonchev–Trinajstić information content (AvgIpc) is 2.46. The molecule has 1 rings (SSSR count). The van der Waals surface area contributed by atoms with Crippen LogP contribution in [0.25, 0.3) is 0 Å². The van der Waals surface area contributed by atoms with Gasteiger partial charge in [-0.1, -0.05) is 15.9 Å². The molecule has 0 fully saturated rings. The van der Waals surface area contributed by atoms with Crippen molar-refractivity contribution in [1.29, 1.82) is 0 Å². The zero-order chi connectivity index (χ0) is 15.5. The summed E-state index contributed by atoms with van der Waals surface area (Å²) in [5, 5.41) is 6.48. The van der Waals surface area contributed by atoms with Gasteiger partial charge in [0, 0.05) is 24.2 Å². The SMILES string of the molecule is CCNC(=NCCOc1ccc(Br)cc1)NC(C)COC.I. The monoisotopic (exact) mass is 485 g/mol. The predicted molar refractivity (Wildman–Crippen MR) is 106 cm³/mol. The molecule has 0 spiro atoms. The quantitative estimate of drug-likeness (QED) is 0.257. The molecule has 0 aliphatic carbocycles. The van der Waals surface area contributed by atoms with E-state index < -0.39 is 0 Å². The molecule has 0 aliphatic rings. The Morgan fingerprint density at radius 3 is 2.59 bits per heavy atom. The Morgan fingerprint density at radius 1 is 1.32 bits per heavy atom. The molecule has 126 valence electrons. The maximum absolute atomic E-state index is 5.63. The van der Waals surface area contributed by atoms with E-state index in [1.807, 2.05) is 31.2 Å². The Balaban J connectivity index is 0.00000441. The van der Waals surface area contributed by atoms with Crippen LogP contribution in [0.2, 0.25) is 0 Å². The Labute approximate surface area is 158 Å². The van der Waals surface area contributed by atoms with Crippen LogP contribution in [-0.2, 0) is 4.74 Å². The van der Waals surface area contributed by atoms with E-state index in [1.54, 1.807) is 7.11 Å². The van der Waals surface area contributed by atoms with Crippen LogP contribution < -0.4 is 15.4 Å². The molecule has 0 saturated carbocycles. The summed E-state index contributed by atoms with van der Waals surface area (Å²) in [5.74, 6) is 1.63. The number of ether oxygens (including phenoxy) is 2. The topological polar surface area (TPSA) is 54.9 Å². The first-order valence-corrected chi connectivity index (χ1v) is 7.87. The summed E-state index contributed by atoms with van der Waals surface area (Å²) in [6, 6.07) is 7.98. The maximum atomic E-state index is 5.63. The Morgan fingerprint density at radius 2 is 2.00 bits per heavy atom. The van der Waals surface area contributed by atoms with E-state index in [-0.39, 0.29) is 30.0 Å². The van der Waals surface area contributed by atoms with E-state index in [0.717, 1.165) is 22.7 Å². The van der Waals surface area contributed by atoms with Gasteiger partial charge in [0.15, 0.2) is 5.96 Å². The zero-order valence-electron chi connectivity index (χ0n) is 13.3. The third kappa shape index (κ3) is 9.47. The van der Waals surface area contributed by atoms with E-state index in [0.29, 0.717) is 19.8 Å². The molecule has 1 aromatic carbocycles. The van der Waals surface area contributed by atoms with Crippen molar-refractivity contribution in [3.63, 3.8) is 0 Å². The molecule has 22 heavy (non-hydrogen) atoms. The van der Waals surface area contributed by atoms with Gasteiger partial charge in [-0.2, -0.15) is 0 Å². The van der Waals surface area contributed by atoms with Gasteiger partial charge < -0.3 is 20.1 Å². The lowest BCUT2D eigenvalue weighted by Gasteiger charge is -2.17. The standard InChI is InChI=1S/C15H24BrN3O2.HI/c1-4-17-15(19-12(2)11-20-3)18-9-10-21-14-7-5-13(16)6-8-14;/h5-8,12H,4,9-11H2,1-3H3,(H2,17,18,19);1H. The molecule has 0 bridgehead atoms. The fraction of sp³-hybridized carbons (Fsp3) is 0.533. The number of halogens is 2. The molecule has 1 atom stereocenters. The normalized spacial score (nSPS) is 12.3. The highest BCUT2D eigenvalue weighted by Gasteiger charge is 2.03. The predicted octanol–water partition coefficient (Wildman–Crippen LogP) is 3.04. The van der Waals surface area contributed by atoms with Gasteiger partial charge in [0.25, 0.3) is 0 Å². The van der Waals surface area contributed by atoms with Gasteiger partial charge in [-0.15, -0.1) is 24.0 Å². The molecule has 1 aromatic rings. The molecule has 0 aliphatic heterocycles. The second kappa shape index (κ2) is 13.0. The summed E-state index contributed by atoms with van der Waals surface area (Å²) < 4.78 is 11.8. The van der Waals surface area contributed by atoms with Crippen molar-refractivity contribution in [2.45, 2.75) is 19.9 Å². The van der Waals surface area contributed by atoms with Crippen LogP contribution in [-0.4, -0.2) is 45.4 Å².